The Balaban J connectivity index is 1.63. The van der Waals surface area contributed by atoms with Crippen LogP contribution in [0.25, 0.3) is 0 Å². The van der Waals surface area contributed by atoms with Crippen LogP contribution in [0, 0.1) is 23.2 Å². The van der Waals surface area contributed by atoms with Gasteiger partial charge in [-0.05, 0) is 51.0 Å². The molecule has 8 nitrogen and oxygen atoms in total. The van der Waals surface area contributed by atoms with E-state index in [2.05, 4.69) is 29.7 Å². The van der Waals surface area contributed by atoms with E-state index < -0.39 is 29.2 Å². The zero-order valence-electron chi connectivity index (χ0n) is 28.6. The summed E-state index contributed by atoms with van der Waals surface area (Å²) in [5.41, 5.74) is 0.590. The SMILES string of the molecule is CCCCCCCCCCC(Cc1ccccc1)C(=O)N[C@H]1CCCC[C@H]1C(CNC(=O)C1OC(C)(C)OCC1(C)C)C(=O)O. The van der Waals surface area contributed by atoms with Gasteiger partial charge in [-0.1, -0.05) is 115 Å². The number of unbranched alkanes of at least 4 members (excludes halogenated alkanes) is 7. The lowest BCUT2D eigenvalue weighted by molar-refractivity contribution is -0.304. The lowest BCUT2D eigenvalue weighted by Gasteiger charge is -2.45. The summed E-state index contributed by atoms with van der Waals surface area (Å²) in [5.74, 6) is -3.38. The Morgan fingerprint density at radius 2 is 1.58 bits per heavy atom. The number of benzene rings is 1. The Kier molecular flexibility index (Phi) is 14.8. The molecule has 1 saturated carbocycles. The Bertz CT molecular complexity index is 1060. The van der Waals surface area contributed by atoms with Crippen molar-refractivity contribution < 1.29 is 29.0 Å². The Labute approximate surface area is 271 Å². The minimum Gasteiger partial charge on any atom is -0.481 e. The zero-order valence-corrected chi connectivity index (χ0v) is 28.6. The number of carboxylic acid groups (broad SMARTS) is 1. The molecule has 1 aromatic carbocycles. The molecule has 3 unspecified atom stereocenters. The van der Waals surface area contributed by atoms with Crippen LogP contribution < -0.4 is 10.6 Å². The summed E-state index contributed by atoms with van der Waals surface area (Å²) in [7, 11) is 0. The highest BCUT2D eigenvalue weighted by molar-refractivity contribution is 5.83. The highest BCUT2D eigenvalue weighted by Gasteiger charge is 2.46. The van der Waals surface area contributed by atoms with Crippen molar-refractivity contribution in [2.75, 3.05) is 13.2 Å². The van der Waals surface area contributed by atoms with Gasteiger partial charge in [0.1, 0.15) is 6.10 Å². The fraction of sp³-hybridized carbons (Fsp3) is 0.757. The minimum atomic E-state index is -0.950. The van der Waals surface area contributed by atoms with Gasteiger partial charge in [-0.15, -0.1) is 0 Å². The number of carbonyl (C=O) groups is 3. The molecule has 3 rings (SSSR count). The average Bonchev–Trinajstić information content (AvgIpc) is 3.00. The van der Waals surface area contributed by atoms with E-state index in [1.165, 1.54) is 38.5 Å². The third-order valence-corrected chi connectivity index (χ3v) is 9.72. The molecule has 2 amide bonds. The lowest BCUT2D eigenvalue weighted by Crippen LogP contribution is -2.57. The predicted octanol–water partition coefficient (Wildman–Crippen LogP) is 7.05. The van der Waals surface area contributed by atoms with Crippen molar-refractivity contribution in [2.24, 2.45) is 23.2 Å². The second-order valence-corrected chi connectivity index (χ2v) is 14.6. The fourth-order valence-electron chi connectivity index (χ4n) is 6.92. The van der Waals surface area contributed by atoms with Crippen molar-refractivity contribution in [2.45, 2.75) is 142 Å². The average molecular weight is 629 g/mol. The monoisotopic (exact) mass is 628 g/mol. The van der Waals surface area contributed by atoms with E-state index in [1.54, 1.807) is 13.8 Å². The molecule has 2 fully saturated rings. The summed E-state index contributed by atoms with van der Waals surface area (Å²) < 4.78 is 11.7. The third-order valence-electron chi connectivity index (χ3n) is 9.72. The van der Waals surface area contributed by atoms with Crippen LogP contribution >= 0.6 is 0 Å². The summed E-state index contributed by atoms with van der Waals surface area (Å²) in [6.07, 6.45) is 13.8. The van der Waals surface area contributed by atoms with Gasteiger partial charge in [-0.3, -0.25) is 14.4 Å². The van der Waals surface area contributed by atoms with E-state index in [0.717, 1.165) is 44.1 Å². The quantitative estimate of drug-likeness (QED) is 0.150. The minimum absolute atomic E-state index is 0.00582. The van der Waals surface area contributed by atoms with Crippen LogP contribution in [0.2, 0.25) is 0 Å². The molecule has 1 aromatic rings. The number of hydrogen-bond acceptors (Lipinski definition) is 5. The van der Waals surface area contributed by atoms with E-state index in [9.17, 15) is 19.5 Å². The molecule has 1 heterocycles. The van der Waals surface area contributed by atoms with Crippen molar-refractivity contribution in [3.8, 4) is 0 Å². The first-order valence-corrected chi connectivity index (χ1v) is 17.6. The van der Waals surface area contributed by atoms with E-state index in [1.807, 2.05) is 32.0 Å². The van der Waals surface area contributed by atoms with Crippen LogP contribution in [0.1, 0.15) is 124 Å². The number of carboxylic acids is 1. The van der Waals surface area contributed by atoms with Crippen molar-refractivity contribution in [1.29, 1.82) is 0 Å². The van der Waals surface area contributed by atoms with Gasteiger partial charge in [0.05, 0.1) is 12.5 Å². The molecule has 1 aliphatic heterocycles. The zero-order chi connectivity index (χ0) is 32.9. The Morgan fingerprint density at radius 3 is 2.24 bits per heavy atom. The summed E-state index contributed by atoms with van der Waals surface area (Å²) in [6.45, 7) is 9.96. The second-order valence-electron chi connectivity index (χ2n) is 14.6. The van der Waals surface area contributed by atoms with Crippen molar-refractivity contribution in [3.63, 3.8) is 0 Å². The molecular weight excluding hydrogens is 568 g/mol. The second kappa shape index (κ2) is 18.0. The van der Waals surface area contributed by atoms with E-state index >= 15 is 0 Å². The number of amides is 2. The highest BCUT2D eigenvalue weighted by Crippen LogP contribution is 2.35. The molecule has 254 valence electrons. The molecule has 2 aliphatic rings. The molecule has 0 radical (unpaired) electrons. The molecule has 0 aromatic heterocycles. The molecule has 45 heavy (non-hydrogen) atoms. The van der Waals surface area contributed by atoms with Gasteiger partial charge in [0.25, 0.3) is 0 Å². The van der Waals surface area contributed by atoms with Crippen LogP contribution in [0.4, 0.5) is 0 Å². The summed E-state index contributed by atoms with van der Waals surface area (Å²) in [4.78, 5) is 39.7. The van der Waals surface area contributed by atoms with Crippen molar-refractivity contribution in [3.05, 3.63) is 35.9 Å². The first-order valence-electron chi connectivity index (χ1n) is 17.6. The maximum atomic E-state index is 13.8. The number of aliphatic carboxylic acids is 1. The van der Waals surface area contributed by atoms with Gasteiger partial charge in [-0.2, -0.15) is 0 Å². The van der Waals surface area contributed by atoms with E-state index in [4.69, 9.17) is 9.47 Å². The number of ether oxygens (including phenoxy) is 2. The van der Waals surface area contributed by atoms with Crippen molar-refractivity contribution >= 4 is 17.8 Å². The van der Waals surface area contributed by atoms with E-state index in [0.29, 0.717) is 19.4 Å². The first-order chi connectivity index (χ1) is 21.4. The van der Waals surface area contributed by atoms with Crippen LogP contribution in [0.15, 0.2) is 30.3 Å². The lowest BCUT2D eigenvalue weighted by atomic mass is 9.75. The maximum Gasteiger partial charge on any atom is 0.308 e. The summed E-state index contributed by atoms with van der Waals surface area (Å²) >= 11 is 0. The molecule has 8 heteroatoms. The van der Waals surface area contributed by atoms with Crippen molar-refractivity contribution in [1.82, 2.24) is 10.6 Å². The Hall–Kier alpha value is -2.45. The smallest absolute Gasteiger partial charge is 0.308 e. The van der Waals surface area contributed by atoms with Gasteiger partial charge in [0, 0.05) is 23.9 Å². The highest BCUT2D eigenvalue weighted by atomic mass is 16.7. The molecule has 0 bridgehead atoms. The van der Waals surface area contributed by atoms with Gasteiger partial charge in [-0.25, -0.2) is 0 Å². The van der Waals surface area contributed by atoms with E-state index in [-0.39, 0.29) is 36.2 Å². The third kappa shape index (κ3) is 12.0. The molecule has 1 saturated heterocycles. The molecular formula is C37H60N2O6. The van der Waals surface area contributed by atoms with Crippen LogP contribution in [0.3, 0.4) is 0 Å². The van der Waals surface area contributed by atoms with Gasteiger partial charge < -0.3 is 25.2 Å². The molecule has 0 spiro atoms. The van der Waals surface area contributed by atoms with Gasteiger partial charge >= 0.3 is 5.97 Å². The fourth-order valence-corrected chi connectivity index (χ4v) is 6.92. The van der Waals surface area contributed by atoms with Crippen LogP contribution in [0.5, 0.6) is 0 Å². The molecule has 3 N–H and O–H groups in total. The normalized spacial score (nSPS) is 23.9. The summed E-state index contributed by atoms with van der Waals surface area (Å²) in [5, 5.41) is 16.5. The van der Waals surface area contributed by atoms with Gasteiger partial charge in [0.2, 0.25) is 11.8 Å². The van der Waals surface area contributed by atoms with Crippen LogP contribution in [-0.2, 0) is 30.3 Å². The predicted molar refractivity (Wildman–Crippen MR) is 178 cm³/mol. The number of hydrogen-bond donors (Lipinski definition) is 3. The molecule has 1 aliphatic carbocycles. The van der Waals surface area contributed by atoms with Crippen LogP contribution in [-0.4, -0.2) is 54.0 Å². The number of carbonyl (C=O) groups excluding carboxylic acids is 2. The Morgan fingerprint density at radius 1 is 0.933 bits per heavy atom. The van der Waals surface area contributed by atoms with Gasteiger partial charge in [0.15, 0.2) is 5.79 Å². The largest absolute Gasteiger partial charge is 0.481 e. The number of rotatable bonds is 18. The summed E-state index contributed by atoms with van der Waals surface area (Å²) in [6, 6.07) is 9.92. The molecule has 5 atom stereocenters. The standard InChI is InChI=1S/C37H60N2O6/c1-6-7-8-9-10-11-12-16-21-28(24-27-19-14-13-15-20-27)33(40)39-31-23-18-17-22-29(31)30(35(42)43)25-38-34(41)32-36(2,3)26-44-37(4,5)45-32/h13-15,19-20,28-32H,6-12,16-18,21-26H2,1-5H3,(H,38,41)(H,39,40)(H,42,43)/t28?,29-,30?,31-,32?/m0/s1. The number of nitrogens with one attached hydrogen (secondary N) is 2. The topological polar surface area (TPSA) is 114 Å². The maximum absolute atomic E-state index is 13.8. The first kappa shape index (κ1) is 37.0.